The van der Waals surface area contributed by atoms with Crippen molar-refractivity contribution in [3.05, 3.63) is 91.4 Å². The number of halogens is 4. The van der Waals surface area contributed by atoms with Crippen molar-refractivity contribution in [1.82, 2.24) is 0 Å². The molecule has 10 heteroatoms. The van der Waals surface area contributed by atoms with Crippen LogP contribution < -0.4 is 0 Å². The fraction of sp³-hybridized carbons (Fsp3) is 0.0526. The molecule has 0 aliphatic rings. The van der Waals surface area contributed by atoms with Gasteiger partial charge in [-0.1, -0.05) is 64.6 Å². The molecule has 0 saturated carbocycles. The average Bonchev–Trinajstić information content (AvgIpc) is 2.63. The zero-order valence-corrected chi connectivity index (χ0v) is 18.1. The van der Waals surface area contributed by atoms with Gasteiger partial charge in [-0.05, 0) is 47.5 Å². The van der Waals surface area contributed by atoms with Crippen LogP contribution in [0.4, 0.5) is 0 Å². The van der Waals surface area contributed by atoms with Crippen LogP contribution in [0, 0.1) is 0 Å². The van der Waals surface area contributed by atoms with Crippen molar-refractivity contribution in [2.75, 3.05) is 0 Å². The quantitative estimate of drug-likeness (QED) is 0.239. The third-order valence-corrected chi connectivity index (χ3v) is 7.20. The highest BCUT2D eigenvalue weighted by Gasteiger charge is 2.52. The Labute approximate surface area is 186 Å². The fourth-order valence-electron chi connectivity index (χ4n) is 3.19. The van der Waals surface area contributed by atoms with Gasteiger partial charge in [-0.15, -0.1) is 0 Å². The lowest BCUT2D eigenvalue weighted by Crippen LogP contribution is -2.38. The SMILES string of the molecule is O=S(=O)(O)C(c1cccc(Cl)c1)(c1ccc(Cl)c(Cl)c1)c1c(O)ccc(O)c1Cl. The zero-order valence-electron chi connectivity index (χ0n) is 14.3. The number of rotatable bonds is 4. The van der Waals surface area contributed by atoms with E-state index >= 15 is 0 Å². The van der Waals surface area contributed by atoms with E-state index in [2.05, 4.69) is 0 Å². The number of phenolic OH excluding ortho intramolecular Hbond substituents is 2. The van der Waals surface area contributed by atoms with Crippen molar-refractivity contribution in [3.8, 4) is 11.5 Å². The second-order valence-electron chi connectivity index (χ2n) is 6.09. The lowest BCUT2D eigenvalue weighted by atomic mass is 9.83. The molecular weight excluding hydrogens is 482 g/mol. The van der Waals surface area contributed by atoms with Crippen LogP contribution in [-0.4, -0.2) is 23.2 Å². The lowest BCUT2D eigenvalue weighted by Gasteiger charge is -2.34. The van der Waals surface area contributed by atoms with Gasteiger partial charge in [-0.25, -0.2) is 0 Å². The molecule has 0 fully saturated rings. The Morgan fingerprint density at radius 2 is 1.38 bits per heavy atom. The van der Waals surface area contributed by atoms with Gasteiger partial charge in [-0.2, -0.15) is 8.42 Å². The Bertz CT molecular complexity index is 1210. The first-order valence-corrected chi connectivity index (χ1v) is 10.8. The molecule has 3 aromatic rings. The summed E-state index contributed by atoms with van der Waals surface area (Å²) in [7, 11) is -5.11. The van der Waals surface area contributed by atoms with E-state index in [1.165, 1.54) is 42.5 Å². The van der Waals surface area contributed by atoms with Gasteiger partial charge in [-0.3, -0.25) is 4.55 Å². The van der Waals surface area contributed by atoms with Gasteiger partial charge in [0.15, 0.2) is 4.75 Å². The van der Waals surface area contributed by atoms with E-state index in [4.69, 9.17) is 46.4 Å². The Morgan fingerprint density at radius 3 is 1.97 bits per heavy atom. The molecule has 0 amide bonds. The van der Waals surface area contributed by atoms with Crippen molar-refractivity contribution in [1.29, 1.82) is 0 Å². The van der Waals surface area contributed by atoms with Crippen LogP contribution in [0.2, 0.25) is 20.1 Å². The molecule has 0 saturated heterocycles. The van der Waals surface area contributed by atoms with Gasteiger partial charge < -0.3 is 10.2 Å². The van der Waals surface area contributed by atoms with Gasteiger partial charge in [0.2, 0.25) is 0 Å². The first kappa shape index (κ1) is 22.0. The Hall–Kier alpha value is -1.67. The van der Waals surface area contributed by atoms with E-state index < -0.39 is 37.0 Å². The molecule has 0 aliphatic heterocycles. The summed E-state index contributed by atoms with van der Waals surface area (Å²) in [5.41, 5.74) is -0.601. The highest BCUT2D eigenvalue weighted by atomic mass is 35.5. The molecule has 0 heterocycles. The second kappa shape index (κ2) is 7.87. The highest BCUT2D eigenvalue weighted by Crippen LogP contribution is 2.52. The van der Waals surface area contributed by atoms with Crippen LogP contribution in [-0.2, 0) is 14.9 Å². The van der Waals surface area contributed by atoms with E-state index in [0.717, 1.165) is 12.1 Å². The normalized spacial score (nSPS) is 13.8. The van der Waals surface area contributed by atoms with Crippen molar-refractivity contribution in [2.45, 2.75) is 4.75 Å². The van der Waals surface area contributed by atoms with E-state index in [-0.39, 0.29) is 26.2 Å². The Balaban J connectivity index is 2.63. The summed E-state index contributed by atoms with van der Waals surface area (Å²) in [5, 5.41) is 20.5. The molecule has 0 radical (unpaired) electrons. The summed E-state index contributed by atoms with van der Waals surface area (Å²) >= 11 is 24.4. The van der Waals surface area contributed by atoms with Gasteiger partial charge in [0.25, 0.3) is 10.1 Å². The molecule has 1 unspecified atom stereocenters. The van der Waals surface area contributed by atoms with E-state index in [0.29, 0.717) is 0 Å². The maximum absolute atomic E-state index is 13.0. The minimum atomic E-state index is -5.11. The average molecular weight is 494 g/mol. The van der Waals surface area contributed by atoms with Crippen molar-refractivity contribution < 1.29 is 23.2 Å². The smallest absolute Gasteiger partial charge is 0.283 e. The third kappa shape index (κ3) is 3.65. The predicted molar refractivity (Wildman–Crippen MR) is 114 cm³/mol. The summed E-state index contributed by atoms with van der Waals surface area (Å²) in [4.78, 5) is 0. The molecule has 0 aromatic heterocycles. The minimum absolute atomic E-state index is 0.00464. The Morgan fingerprint density at radius 1 is 0.759 bits per heavy atom. The summed E-state index contributed by atoms with van der Waals surface area (Å²) < 4.78 is 33.9. The molecule has 0 aliphatic carbocycles. The molecule has 3 aromatic carbocycles. The van der Waals surface area contributed by atoms with Crippen molar-refractivity contribution in [2.24, 2.45) is 0 Å². The summed E-state index contributed by atoms with van der Waals surface area (Å²) in [6.45, 7) is 0. The maximum atomic E-state index is 13.0. The van der Waals surface area contributed by atoms with Crippen LogP contribution >= 0.6 is 46.4 Å². The predicted octanol–water partition coefficient (Wildman–Crippen LogP) is 5.89. The third-order valence-electron chi connectivity index (χ3n) is 4.40. The molecule has 5 nitrogen and oxygen atoms in total. The highest BCUT2D eigenvalue weighted by molar-refractivity contribution is 7.87. The number of hydrogen-bond donors (Lipinski definition) is 3. The largest absolute Gasteiger partial charge is 0.508 e. The second-order valence-corrected chi connectivity index (χ2v) is 9.28. The van der Waals surface area contributed by atoms with Gasteiger partial charge >= 0.3 is 0 Å². The topological polar surface area (TPSA) is 94.8 Å². The molecular formula is C19H12Cl4O5S. The van der Waals surface area contributed by atoms with Crippen LogP contribution in [0.3, 0.4) is 0 Å². The monoisotopic (exact) mass is 492 g/mol. The molecule has 3 N–H and O–H groups in total. The molecule has 0 spiro atoms. The standard InChI is InChI=1S/C19H12Cl4O5S/c20-12-3-1-2-10(8-12)19(29(26,27)28,11-4-5-13(21)14(22)9-11)17-15(24)6-7-16(25)18(17)23/h1-9,24-25H,(H,26,27,28). The number of aromatic hydroxyl groups is 2. The van der Waals surface area contributed by atoms with E-state index in [1.807, 2.05) is 0 Å². The van der Waals surface area contributed by atoms with Crippen molar-refractivity contribution in [3.63, 3.8) is 0 Å². The maximum Gasteiger partial charge on any atom is 0.283 e. The number of hydrogen-bond acceptors (Lipinski definition) is 4. The van der Waals surface area contributed by atoms with Crippen LogP contribution in [0.5, 0.6) is 11.5 Å². The number of benzene rings is 3. The minimum Gasteiger partial charge on any atom is -0.508 e. The van der Waals surface area contributed by atoms with E-state index in [1.54, 1.807) is 0 Å². The van der Waals surface area contributed by atoms with Crippen LogP contribution in [0.15, 0.2) is 54.6 Å². The lowest BCUT2D eigenvalue weighted by molar-refractivity contribution is 0.434. The van der Waals surface area contributed by atoms with Crippen LogP contribution in [0.1, 0.15) is 16.7 Å². The van der Waals surface area contributed by atoms with Gasteiger partial charge in [0, 0.05) is 10.6 Å². The zero-order chi connectivity index (χ0) is 21.6. The van der Waals surface area contributed by atoms with Gasteiger partial charge in [0.1, 0.15) is 11.5 Å². The van der Waals surface area contributed by atoms with Crippen LogP contribution in [0.25, 0.3) is 0 Å². The molecule has 152 valence electrons. The first-order valence-electron chi connectivity index (χ1n) is 7.89. The van der Waals surface area contributed by atoms with E-state index in [9.17, 15) is 23.2 Å². The first-order chi connectivity index (χ1) is 13.5. The molecule has 3 rings (SSSR count). The van der Waals surface area contributed by atoms with Gasteiger partial charge in [0.05, 0.1) is 15.1 Å². The fourth-order valence-corrected chi connectivity index (χ4v) is 5.35. The molecule has 1 atom stereocenters. The Kier molecular flexibility index (Phi) is 5.98. The summed E-state index contributed by atoms with van der Waals surface area (Å²) in [6, 6.07) is 11.6. The summed E-state index contributed by atoms with van der Waals surface area (Å²) in [6.07, 6.45) is 0. The number of phenols is 2. The summed E-state index contributed by atoms with van der Waals surface area (Å²) in [5.74, 6) is -1.09. The molecule has 0 bridgehead atoms. The molecule has 29 heavy (non-hydrogen) atoms. The van der Waals surface area contributed by atoms with Crippen molar-refractivity contribution >= 4 is 56.5 Å².